The van der Waals surface area contributed by atoms with Crippen molar-refractivity contribution in [2.24, 2.45) is 0 Å². The minimum Gasteiger partial charge on any atom is -0.361 e. The SMILES string of the molecule is O=[N+]([O-])c1ccc(-c2c[nH]c3ccc([N+](=O)[O-])cc23)c([N+](=O)[O-])c1. The number of non-ortho nitro benzene ring substituents is 2. The molecular formula is C14H8N4O6. The van der Waals surface area contributed by atoms with E-state index in [0.29, 0.717) is 16.5 Å². The first-order valence-corrected chi connectivity index (χ1v) is 6.57. The van der Waals surface area contributed by atoms with Gasteiger partial charge in [0.15, 0.2) is 0 Å². The van der Waals surface area contributed by atoms with Crippen LogP contribution in [0.1, 0.15) is 0 Å². The average Bonchev–Trinajstić information content (AvgIpc) is 2.96. The molecule has 0 aliphatic carbocycles. The van der Waals surface area contributed by atoms with Crippen LogP contribution in [0.3, 0.4) is 0 Å². The van der Waals surface area contributed by atoms with Gasteiger partial charge in [-0.3, -0.25) is 30.3 Å². The smallest absolute Gasteiger partial charge is 0.284 e. The van der Waals surface area contributed by atoms with E-state index >= 15 is 0 Å². The summed E-state index contributed by atoms with van der Waals surface area (Å²) >= 11 is 0. The van der Waals surface area contributed by atoms with E-state index in [2.05, 4.69) is 4.98 Å². The van der Waals surface area contributed by atoms with E-state index in [1.807, 2.05) is 0 Å². The highest BCUT2D eigenvalue weighted by Gasteiger charge is 2.23. The fourth-order valence-electron chi connectivity index (χ4n) is 2.46. The van der Waals surface area contributed by atoms with E-state index < -0.39 is 26.1 Å². The third-order valence-electron chi connectivity index (χ3n) is 3.56. The quantitative estimate of drug-likeness (QED) is 0.572. The lowest BCUT2D eigenvalue weighted by Crippen LogP contribution is -1.95. The molecule has 10 nitrogen and oxygen atoms in total. The first kappa shape index (κ1) is 15.1. The molecule has 0 unspecified atom stereocenters. The third-order valence-corrected chi connectivity index (χ3v) is 3.56. The molecule has 3 aromatic rings. The lowest BCUT2D eigenvalue weighted by Gasteiger charge is -2.02. The standard InChI is InChI=1S/C14H8N4O6/c19-16(20)8-2-4-13-11(5-8)12(7-15-13)10-3-1-9(17(21)22)6-14(10)18(23)24/h1-7,15H. The monoisotopic (exact) mass is 328 g/mol. The van der Waals surface area contributed by atoms with Gasteiger partial charge in [0.1, 0.15) is 0 Å². The van der Waals surface area contributed by atoms with Gasteiger partial charge in [-0.15, -0.1) is 0 Å². The topological polar surface area (TPSA) is 145 Å². The lowest BCUT2D eigenvalue weighted by molar-refractivity contribution is -0.393. The van der Waals surface area contributed by atoms with E-state index in [4.69, 9.17) is 0 Å². The molecule has 10 heteroatoms. The van der Waals surface area contributed by atoms with Gasteiger partial charge in [0.05, 0.1) is 26.4 Å². The van der Waals surface area contributed by atoms with Crippen molar-refractivity contribution in [3.63, 3.8) is 0 Å². The Morgan fingerprint density at radius 2 is 1.38 bits per heavy atom. The Hall–Kier alpha value is -3.82. The van der Waals surface area contributed by atoms with E-state index in [0.717, 1.165) is 12.1 Å². The van der Waals surface area contributed by atoms with Crippen molar-refractivity contribution in [3.8, 4) is 11.1 Å². The molecule has 1 N–H and O–H groups in total. The Balaban J connectivity index is 2.27. The van der Waals surface area contributed by atoms with Crippen LogP contribution in [-0.2, 0) is 0 Å². The number of nitro groups is 3. The number of aromatic nitrogens is 1. The maximum atomic E-state index is 11.3. The number of fused-ring (bicyclic) bond motifs is 1. The molecule has 0 bridgehead atoms. The van der Waals surface area contributed by atoms with Crippen LogP contribution in [0.15, 0.2) is 42.6 Å². The molecule has 120 valence electrons. The fraction of sp³-hybridized carbons (Fsp3) is 0. The zero-order valence-corrected chi connectivity index (χ0v) is 11.8. The summed E-state index contributed by atoms with van der Waals surface area (Å²) in [7, 11) is 0. The second kappa shape index (κ2) is 5.43. The van der Waals surface area contributed by atoms with E-state index in [1.54, 1.807) is 0 Å². The van der Waals surface area contributed by atoms with Crippen LogP contribution >= 0.6 is 0 Å². The Morgan fingerprint density at radius 3 is 2.00 bits per heavy atom. The predicted molar refractivity (Wildman–Crippen MR) is 83.7 cm³/mol. The van der Waals surface area contributed by atoms with Gasteiger partial charge in [0.2, 0.25) is 0 Å². The van der Waals surface area contributed by atoms with Crippen molar-refractivity contribution < 1.29 is 14.8 Å². The summed E-state index contributed by atoms with van der Waals surface area (Å²) < 4.78 is 0. The molecular weight excluding hydrogens is 320 g/mol. The first-order valence-electron chi connectivity index (χ1n) is 6.57. The number of nitrogens with one attached hydrogen (secondary N) is 1. The summed E-state index contributed by atoms with van der Waals surface area (Å²) in [6.07, 6.45) is 1.47. The Kier molecular flexibility index (Phi) is 3.41. The second-order valence-electron chi connectivity index (χ2n) is 4.91. The molecule has 0 fully saturated rings. The number of hydrogen-bond donors (Lipinski definition) is 1. The molecule has 0 atom stereocenters. The van der Waals surface area contributed by atoms with Crippen LogP contribution in [0.5, 0.6) is 0 Å². The summed E-state index contributed by atoms with van der Waals surface area (Å²) in [5.41, 5.74) is 0.0386. The molecule has 0 saturated heterocycles. The summed E-state index contributed by atoms with van der Waals surface area (Å²) in [6, 6.07) is 7.38. The lowest BCUT2D eigenvalue weighted by atomic mass is 10.0. The predicted octanol–water partition coefficient (Wildman–Crippen LogP) is 3.56. The van der Waals surface area contributed by atoms with Crippen LogP contribution < -0.4 is 0 Å². The first-order chi connectivity index (χ1) is 11.4. The normalized spacial score (nSPS) is 10.7. The summed E-state index contributed by atoms with van der Waals surface area (Å²) in [5, 5.41) is 33.4. The van der Waals surface area contributed by atoms with E-state index in [9.17, 15) is 30.3 Å². The van der Waals surface area contributed by atoms with Gasteiger partial charge in [0.25, 0.3) is 17.1 Å². The van der Waals surface area contributed by atoms with Gasteiger partial charge >= 0.3 is 0 Å². The number of hydrogen-bond acceptors (Lipinski definition) is 6. The van der Waals surface area contributed by atoms with Crippen molar-refractivity contribution >= 4 is 28.0 Å². The van der Waals surface area contributed by atoms with Gasteiger partial charge in [-0.05, 0) is 12.1 Å². The number of nitro benzene ring substituents is 3. The van der Waals surface area contributed by atoms with Crippen LogP contribution in [-0.4, -0.2) is 19.8 Å². The molecule has 0 spiro atoms. The van der Waals surface area contributed by atoms with Gasteiger partial charge in [-0.2, -0.15) is 0 Å². The zero-order valence-electron chi connectivity index (χ0n) is 11.8. The summed E-state index contributed by atoms with van der Waals surface area (Å²) in [4.78, 5) is 33.9. The second-order valence-corrected chi connectivity index (χ2v) is 4.91. The zero-order chi connectivity index (χ0) is 17.4. The Labute approximate surface area is 132 Å². The highest BCUT2D eigenvalue weighted by Crippen LogP contribution is 2.38. The van der Waals surface area contributed by atoms with Crippen molar-refractivity contribution in [1.82, 2.24) is 4.98 Å². The number of H-pyrrole nitrogens is 1. The largest absolute Gasteiger partial charge is 0.361 e. The third kappa shape index (κ3) is 2.41. The maximum absolute atomic E-state index is 11.3. The fourth-order valence-corrected chi connectivity index (χ4v) is 2.46. The maximum Gasteiger partial charge on any atom is 0.284 e. The summed E-state index contributed by atoms with van der Waals surface area (Å²) in [5.74, 6) is 0. The van der Waals surface area contributed by atoms with Crippen LogP contribution in [0.2, 0.25) is 0 Å². The molecule has 1 heterocycles. The number of benzene rings is 2. The molecule has 0 aliphatic rings. The van der Waals surface area contributed by atoms with Crippen molar-refractivity contribution in [3.05, 3.63) is 72.9 Å². The van der Waals surface area contributed by atoms with E-state index in [1.165, 1.54) is 30.5 Å². The summed E-state index contributed by atoms with van der Waals surface area (Å²) in [6.45, 7) is 0. The Morgan fingerprint density at radius 1 is 0.750 bits per heavy atom. The van der Waals surface area contributed by atoms with Crippen LogP contribution in [0.25, 0.3) is 22.0 Å². The molecule has 24 heavy (non-hydrogen) atoms. The molecule has 0 aliphatic heterocycles. The number of aromatic amines is 1. The van der Waals surface area contributed by atoms with Crippen LogP contribution in [0, 0.1) is 30.3 Å². The van der Waals surface area contributed by atoms with Crippen molar-refractivity contribution in [2.45, 2.75) is 0 Å². The molecule has 0 radical (unpaired) electrons. The Bertz CT molecular complexity index is 1010. The van der Waals surface area contributed by atoms with Crippen LogP contribution in [0.4, 0.5) is 17.1 Å². The molecule has 2 aromatic carbocycles. The number of rotatable bonds is 4. The minimum atomic E-state index is -0.725. The van der Waals surface area contributed by atoms with Crippen molar-refractivity contribution in [1.29, 1.82) is 0 Å². The van der Waals surface area contributed by atoms with E-state index in [-0.39, 0.29) is 11.3 Å². The highest BCUT2D eigenvalue weighted by atomic mass is 16.6. The number of nitrogens with zero attached hydrogens (tertiary/aromatic N) is 3. The average molecular weight is 328 g/mol. The van der Waals surface area contributed by atoms with Gasteiger partial charge in [-0.1, -0.05) is 0 Å². The highest BCUT2D eigenvalue weighted by molar-refractivity contribution is 5.99. The molecule has 0 amide bonds. The van der Waals surface area contributed by atoms with Gasteiger partial charge in [-0.25, -0.2) is 0 Å². The van der Waals surface area contributed by atoms with Gasteiger partial charge in [0, 0.05) is 40.9 Å². The molecule has 3 rings (SSSR count). The van der Waals surface area contributed by atoms with Crippen molar-refractivity contribution in [2.75, 3.05) is 0 Å². The minimum absolute atomic E-state index is 0.136. The molecule has 0 saturated carbocycles. The van der Waals surface area contributed by atoms with Gasteiger partial charge < -0.3 is 4.98 Å². The molecule has 1 aromatic heterocycles.